The van der Waals surface area contributed by atoms with E-state index < -0.39 is 4.92 Å². The maximum absolute atomic E-state index is 12.3. The number of hydrogen-bond acceptors (Lipinski definition) is 4. The van der Waals surface area contributed by atoms with E-state index in [1.54, 1.807) is 26.0 Å². The summed E-state index contributed by atoms with van der Waals surface area (Å²) in [5.41, 5.74) is 0.425. The predicted octanol–water partition coefficient (Wildman–Crippen LogP) is 1.75. The number of aryl methyl sites for hydroxylation is 1. The molecular formula is C13H18N2O4. The van der Waals surface area contributed by atoms with Crippen LogP contribution in [0.15, 0.2) is 18.2 Å². The molecule has 19 heavy (non-hydrogen) atoms. The summed E-state index contributed by atoms with van der Waals surface area (Å²) < 4.78 is 0. The fourth-order valence-corrected chi connectivity index (χ4v) is 1.91. The highest BCUT2D eigenvalue weighted by molar-refractivity contribution is 5.98. The number of benzene rings is 1. The molecule has 0 atom stereocenters. The van der Waals surface area contributed by atoms with Gasteiger partial charge in [0, 0.05) is 25.3 Å². The van der Waals surface area contributed by atoms with E-state index in [1.165, 1.54) is 11.0 Å². The third kappa shape index (κ3) is 3.51. The minimum atomic E-state index is -0.525. The van der Waals surface area contributed by atoms with Crippen LogP contribution in [0, 0.1) is 17.0 Å². The molecule has 0 fully saturated rings. The van der Waals surface area contributed by atoms with Crippen LogP contribution in [0.5, 0.6) is 0 Å². The number of nitro groups is 1. The van der Waals surface area contributed by atoms with Crippen LogP contribution in [0.2, 0.25) is 0 Å². The normalized spacial score (nSPS) is 10.3. The average molecular weight is 266 g/mol. The summed E-state index contributed by atoms with van der Waals surface area (Å²) in [6.07, 6.45) is 0.458. The minimum absolute atomic E-state index is 0.0142. The first-order chi connectivity index (χ1) is 9.02. The highest BCUT2D eigenvalue weighted by atomic mass is 16.6. The minimum Gasteiger partial charge on any atom is -0.396 e. The summed E-state index contributed by atoms with van der Waals surface area (Å²) in [6.45, 7) is 4.23. The quantitative estimate of drug-likeness (QED) is 0.628. The van der Waals surface area contributed by atoms with Gasteiger partial charge in [-0.15, -0.1) is 0 Å². The molecule has 104 valence electrons. The highest BCUT2D eigenvalue weighted by Gasteiger charge is 2.25. The Morgan fingerprint density at radius 1 is 1.47 bits per heavy atom. The molecule has 0 bridgehead atoms. The summed E-state index contributed by atoms with van der Waals surface area (Å²) >= 11 is 0. The van der Waals surface area contributed by atoms with Gasteiger partial charge in [-0.05, 0) is 26.3 Å². The molecule has 1 aromatic carbocycles. The van der Waals surface area contributed by atoms with Crippen LogP contribution >= 0.6 is 0 Å². The van der Waals surface area contributed by atoms with Crippen molar-refractivity contribution in [2.45, 2.75) is 20.3 Å². The summed E-state index contributed by atoms with van der Waals surface area (Å²) in [5.74, 6) is -0.369. The fraction of sp³-hybridized carbons (Fsp3) is 0.462. The van der Waals surface area contributed by atoms with Crippen LogP contribution in [0.3, 0.4) is 0 Å². The monoisotopic (exact) mass is 266 g/mol. The van der Waals surface area contributed by atoms with Gasteiger partial charge in [0.15, 0.2) is 0 Å². The predicted molar refractivity (Wildman–Crippen MR) is 71.1 cm³/mol. The Bertz CT molecular complexity index is 474. The maximum Gasteiger partial charge on any atom is 0.285 e. The summed E-state index contributed by atoms with van der Waals surface area (Å²) in [5, 5.41) is 19.9. The topological polar surface area (TPSA) is 83.7 Å². The lowest BCUT2D eigenvalue weighted by atomic mass is 10.1. The Hall–Kier alpha value is -1.95. The second kappa shape index (κ2) is 6.84. The number of aliphatic hydroxyl groups excluding tert-OH is 1. The van der Waals surface area contributed by atoms with Gasteiger partial charge < -0.3 is 10.0 Å². The Morgan fingerprint density at radius 2 is 2.16 bits per heavy atom. The van der Waals surface area contributed by atoms with E-state index in [4.69, 9.17) is 5.11 Å². The molecule has 0 saturated carbocycles. The van der Waals surface area contributed by atoms with Crippen LogP contribution in [0.25, 0.3) is 0 Å². The van der Waals surface area contributed by atoms with Crippen LogP contribution in [0.4, 0.5) is 5.69 Å². The van der Waals surface area contributed by atoms with E-state index >= 15 is 0 Å². The first kappa shape index (κ1) is 15.1. The number of hydrogen-bond donors (Lipinski definition) is 1. The second-order valence-corrected chi connectivity index (χ2v) is 4.19. The van der Waals surface area contributed by atoms with Gasteiger partial charge in [-0.2, -0.15) is 0 Å². The summed E-state index contributed by atoms with van der Waals surface area (Å²) in [6, 6.07) is 4.71. The molecule has 0 aliphatic carbocycles. The van der Waals surface area contributed by atoms with E-state index in [9.17, 15) is 14.9 Å². The Balaban J connectivity index is 3.11. The molecule has 0 unspecified atom stereocenters. The van der Waals surface area contributed by atoms with Gasteiger partial charge in [0.1, 0.15) is 5.56 Å². The lowest BCUT2D eigenvalue weighted by molar-refractivity contribution is -0.385. The third-order valence-electron chi connectivity index (χ3n) is 2.91. The SMILES string of the molecule is CCN(CCCO)C(=O)c1cccc(C)c1[N+](=O)[O-]. The molecule has 1 amide bonds. The van der Waals surface area contributed by atoms with Gasteiger partial charge >= 0.3 is 0 Å². The second-order valence-electron chi connectivity index (χ2n) is 4.19. The Kier molecular flexibility index (Phi) is 5.44. The lowest BCUT2D eigenvalue weighted by Gasteiger charge is -2.20. The third-order valence-corrected chi connectivity index (χ3v) is 2.91. The van der Waals surface area contributed by atoms with Crippen LogP contribution in [0.1, 0.15) is 29.3 Å². The van der Waals surface area contributed by atoms with Crippen molar-refractivity contribution in [3.8, 4) is 0 Å². The van der Waals surface area contributed by atoms with Crippen molar-refractivity contribution < 1.29 is 14.8 Å². The molecular weight excluding hydrogens is 248 g/mol. The maximum atomic E-state index is 12.3. The molecule has 0 aliphatic heterocycles. The van der Waals surface area contributed by atoms with Crippen LogP contribution in [-0.2, 0) is 0 Å². The molecule has 1 N–H and O–H groups in total. The van der Waals surface area contributed by atoms with Gasteiger partial charge in [0.05, 0.1) is 4.92 Å². The van der Waals surface area contributed by atoms with Crippen molar-refractivity contribution in [2.24, 2.45) is 0 Å². The first-order valence-electron chi connectivity index (χ1n) is 6.17. The van der Waals surface area contributed by atoms with Crippen molar-refractivity contribution in [1.82, 2.24) is 4.90 Å². The number of carbonyl (C=O) groups excluding carboxylic acids is 1. The van der Waals surface area contributed by atoms with E-state index in [2.05, 4.69) is 0 Å². The largest absolute Gasteiger partial charge is 0.396 e. The molecule has 6 heteroatoms. The van der Waals surface area contributed by atoms with Crippen molar-refractivity contribution in [2.75, 3.05) is 19.7 Å². The van der Waals surface area contributed by atoms with Crippen LogP contribution < -0.4 is 0 Å². The van der Waals surface area contributed by atoms with E-state index in [1.807, 2.05) is 0 Å². The number of nitrogens with zero attached hydrogens (tertiary/aromatic N) is 2. The molecule has 1 rings (SSSR count). The van der Waals surface area contributed by atoms with Crippen molar-refractivity contribution in [1.29, 1.82) is 0 Å². The van der Waals surface area contributed by atoms with Crippen molar-refractivity contribution >= 4 is 11.6 Å². The molecule has 0 spiro atoms. The number of carbonyl (C=O) groups is 1. The van der Waals surface area contributed by atoms with E-state index in [0.29, 0.717) is 25.1 Å². The lowest BCUT2D eigenvalue weighted by Crippen LogP contribution is -2.32. The summed E-state index contributed by atoms with van der Waals surface area (Å²) in [7, 11) is 0. The molecule has 0 heterocycles. The van der Waals surface area contributed by atoms with Crippen molar-refractivity contribution in [3.05, 3.63) is 39.4 Å². The van der Waals surface area contributed by atoms with Gasteiger partial charge in [-0.1, -0.05) is 12.1 Å². The number of nitro benzene ring substituents is 1. The zero-order chi connectivity index (χ0) is 14.4. The Morgan fingerprint density at radius 3 is 2.68 bits per heavy atom. The fourth-order valence-electron chi connectivity index (χ4n) is 1.91. The van der Waals surface area contributed by atoms with E-state index in [-0.39, 0.29) is 23.8 Å². The number of amides is 1. The molecule has 0 aromatic heterocycles. The molecule has 1 aromatic rings. The van der Waals surface area contributed by atoms with Gasteiger partial charge in [-0.25, -0.2) is 0 Å². The first-order valence-corrected chi connectivity index (χ1v) is 6.17. The number of para-hydroxylation sites is 1. The van der Waals surface area contributed by atoms with Gasteiger partial charge in [0.2, 0.25) is 0 Å². The highest BCUT2D eigenvalue weighted by Crippen LogP contribution is 2.24. The standard InChI is InChI=1S/C13H18N2O4/c1-3-14(8-5-9-16)13(17)11-7-4-6-10(2)12(11)15(18)19/h4,6-7,16H,3,5,8-9H2,1-2H3. The zero-order valence-electron chi connectivity index (χ0n) is 11.1. The summed E-state index contributed by atoms with van der Waals surface area (Å²) in [4.78, 5) is 24.3. The number of aliphatic hydroxyl groups is 1. The number of rotatable bonds is 6. The molecule has 0 aliphatic rings. The average Bonchev–Trinajstić information content (AvgIpc) is 2.38. The molecule has 6 nitrogen and oxygen atoms in total. The van der Waals surface area contributed by atoms with E-state index in [0.717, 1.165) is 0 Å². The molecule has 0 saturated heterocycles. The van der Waals surface area contributed by atoms with Crippen LogP contribution in [-0.4, -0.2) is 40.5 Å². The molecule has 0 radical (unpaired) electrons. The van der Waals surface area contributed by atoms with Gasteiger partial charge in [-0.3, -0.25) is 14.9 Å². The smallest absolute Gasteiger partial charge is 0.285 e. The Labute approximate surface area is 111 Å². The van der Waals surface area contributed by atoms with Gasteiger partial charge in [0.25, 0.3) is 11.6 Å². The zero-order valence-corrected chi connectivity index (χ0v) is 11.1. The van der Waals surface area contributed by atoms with Crippen molar-refractivity contribution in [3.63, 3.8) is 0 Å².